The molecule has 3 rings (SSSR count). The topological polar surface area (TPSA) is 85.8 Å². The van der Waals surface area contributed by atoms with Gasteiger partial charge in [0.2, 0.25) is 11.8 Å². The van der Waals surface area contributed by atoms with Crippen LogP contribution in [0.15, 0.2) is 16.9 Å². The predicted molar refractivity (Wildman–Crippen MR) is 88.3 cm³/mol. The lowest BCUT2D eigenvalue weighted by atomic mass is 9.95. The third-order valence-corrected chi connectivity index (χ3v) is 4.51. The smallest absolute Gasteiger partial charge is 0.228 e. The molecular formula is C17H25N5O2. The van der Waals surface area contributed by atoms with E-state index in [4.69, 9.17) is 4.52 Å². The Kier molecular flexibility index (Phi) is 5.61. The van der Waals surface area contributed by atoms with Crippen molar-refractivity contribution in [2.24, 2.45) is 0 Å². The third kappa shape index (κ3) is 4.66. The van der Waals surface area contributed by atoms with Crippen molar-refractivity contribution < 1.29 is 9.32 Å². The van der Waals surface area contributed by atoms with Gasteiger partial charge < -0.3 is 14.4 Å². The number of rotatable bonds is 7. The highest BCUT2D eigenvalue weighted by Crippen LogP contribution is 2.17. The zero-order chi connectivity index (χ0) is 16.8. The summed E-state index contributed by atoms with van der Waals surface area (Å²) in [6.45, 7) is 2.85. The molecule has 0 aromatic carbocycles. The molecule has 0 unspecified atom stereocenters. The Hall–Kier alpha value is -2.18. The van der Waals surface area contributed by atoms with Gasteiger partial charge in [0, 0.05) is 31.4 Å². The van der Waals surface area contributed by atoms with E-state index in [1.165, 1.54) is 19.3 Å². The Balaban J connectivity index is 1.41. The van der Waals surface area contributed by atoms with Crippen molar-refractivity contribution in [1.82, 2.24) is 25.0 Å². The molecule has 7 nitrogen and oxygen atoms in total. The summed E-state index contributed by atoms with van der Waals surface area (Å²) in [4.78, 5) is 20.6. The molecule has 0 radical (unpaired) electrons. The lowest BCUT2D eigenvalue weighted by molar-refractivity contribution is -0.121. The number of carbonyl (C=O) groups excluding carboxylic acids is 1. The normalized spacial score (nSPS) is 15.5. The Labute approximate surface area is 141 Å². The first kappa shape index (κ1) is 16.7. The number of aromatic nitrogens is 4. The van der Waals surface area contributed by atoms with Gasteiger partial charge in [0.05, 0.1) is 6.42 Å². The van der Waals surface area contributed by atoms with Gasteiger partial charge in [-0.05, 0) is 26.2 Å². The van der Waals surface area contributed by atoms with E-state index in [0.717, 1.165) is 31.6 Å². The molecule has 24 heavy (non-hydrogen) atoms. The van der Waals surface area contributed by atoms with Crippen LogP contribution >= 0.6 is 0 Å². The number of imidazole rings is 1. The fourth-order valence-corrected chi connectivity index (χ4v) is 3.17. The van der Waals surface area contributed by atoms with E-state index in [2.05, 4.69) is 25.0 Å². The first-order valence-corrected chi connectivity index (χ1v) is 8.79. The third-order valence-electron chi connectivity index (χ3n) is 4.51. The van der Waals surface area contributed by atoms with Crippen LogP contribution < -0.4 is 5.32 Å². The first-order chi connectivity index (χ1) is 11.7. The van der Waals surface area contributed by atoms with Gasteiger partial charge in [-0.2, -0.15) is 4.98 Å². The fourth-order valence-electron chi connectivity index (χ4n) is 3.17. The van der Waals surface area contributed by atoms with E-state index >= 15 is 0 Å². The van der Waals surface area contributed by atoms with E-state index in [1.807, 2.05) is 13.1 Å². The lowest BCUT2D eigenvalue weighted by Gasteiger charge is -2.22. The summed E-state index contributed by atoms with van der Waals surface area (Å²) in [6.07, 6.45) is 11.4. The monoisotopic (exact) mass is 331 g/mol. The molecule has 0 atom stereocenters. The van der Waals surface area contributed by atoms with E-state index < -0.39 is 0 Å². The van der Waals surface area contributed by atoms with E-state index in [0.29, 0.717) is 24.2 Å². The molecule has 1 aliphatic rings. The van der Waals surface area contributed by atoms with E-state index in [-0.39, 0.29) is 12.3 Å². The average Bonchev–Trinajstić information content (AvgIpc) is 3.18. The molecule has 1 fully saturated rings. The Morgan fingerprint density at radius 2 is 2.21 bits per heavy atom. The van der Waals surface area contributed by atoms with Crippen LogP contribution in [0.3, 0.4) is 0 Å². The van der Waals surface area contributed by atoms with Crippen LogP contribution in [-0.2, 0) is 24.2 Å². The summed E-state index contributed by atoms with van der Waals surface area (Å²) in [5, 5.41) is 6.99. The zero-order valence-corrected chi connectivity index (χ0v) is 14.2. The van der Waals surface area contributed by atoms with Gasteiger partial charge in [-0.15, -0.1) is 0 Å². The highest BCUT2D eigenvalue weighted by Gasteiger charge is 2.17. The molecule has 7 heteroatoms. The first-order valence-electron chi connectivity index (χ1n) is 8.79. The van der Waals surface area contributed by atoms with Crippen LogP contribution in [0.5, 0.6) is 0 Å². The predicted octanol–water partition coefficient (Wildman–Crippen LogP) is 2.20. The maximum atomic E-state index is 12.1. The summed E-state index contributed by atoms with van der Waals surface area (Å²) >= 11 is 0. The maximum Gasteiger partial charge on any atom is 0.228 e. The molecule has 0 saturated heterocycles. The van der Waals surface area contributed by atoms with Crippen molar-refractivity contribution in [2.45, 2.75) is 70.9 Å². The van der Waals surface area contributed by atoms with Crippen LogP contribution in [0.1, 0.15) is 56.1 Å². The second-order valence-electron chi connectivity index (χ2n) is 6.45. The van der Waals surface area contributed by atoms with E-state index in [1.54, 1.807) is 6.20 Å². The summed E-state index contributed by atoms with van der Waals surface area (Å²) < 4.78 is 7.33. The minimum atomic E-state index is -0.0108. The number of amides is 1. The fraction of sp³-hybridized carbons (Fsp3) is 0.647. The number of nitrogens with zero attached hydrogens (tertiary/aromatic N) is 4. The second-order valence-corrected chi connectivity index (χ2v) is 6.45. The second kappa shape index (κ2) is 8.08. The minimum Gasteiger partial charge on any atom is -0.353 e. The summed E-state index contributed by atoms with van der Waals surface area (Å²) in [5.74, 6) is 2.05. The zero-order valence-electron chi connectivity index (χ0n) is 14.2. The molecule has 1 N–H and O–H groups in total. The minimum absolute atomic E-state index is 0.0108. The molecule has 2 aromatic heterocycles. The molecule has 0 aliphatic heterocycles. The number of carbonyl (C=O) groups is 1. The van der Waals surface area contributed by atoms with Crippen molar-refractivity contribution >= 4 is 5.91 Å². The van der Waals surface area contributed by atoms with Gasteiger partial charge in [0.25, 0.3) is 0 Å². The molecule has 0 bridgehead atoms. The van der Waals surface area contributed by atoms with Crippen molar-refractivity contribution in [2.75, 3.05) is 0 Å². The Morgan fingerprint density at radius 3 is 2.96 bits per heavy atom. The van der Waals surface area contributed by atoms with Gasteiger partial charge in [-0.3, -0.25) is 4.79 Å². The highest BCUT2D eigenvalue weighted by atomic mass is 16.5. The Morgan fingerprint density at radius 1 is 1.38 bits per heavy atom. The van der Waals surface area contributed by atoms with Crippen molar-refractivity contribution in [3.05, 3.63) is 29.9 Å². The van der Waals surface area contributed by atoms with Crippen LogP contribution in [-0.4, -0.2) is 31.6 Å². The number of aryl methyl sites for hydroxylation is 3. The van der Waals surface area contributed by atoms with Gasteiger partial charge in [-0.1, -0.05) is 24.4 Å². The van der Waals surface area contributed by atoms with Gasteiger partial charge >= 0.3 is 0 Å². The molecule has 2 aromatic rings. The quantitative estimate of drug-likeness (QED) is 0.840. The van der Waals surface area contributed by atoms with Crippen molar-refractivity contribution in [3.63, 3.8) is 0 Å². The number of nitrogens with one attached hydrogen (secondary N) is 1. The van der Waals surface area contributed by atoms with E-state index in [9.17, 15) is 4.79 Å². The largest absolute Gasteiger partial charge is 0.353 e. The average molecular weight is 331 g/mol. The van der Waals surface area contributed by atoms with Crippen LogP contribution in [0.25, 0.3) is 0 Å². The molecule has 2 heterocycles. The molecule has 130 valence electrons. The lowest BCUT2D eigenvalue weighted by Crippen LogP contribution is -2.37. The van der Waals surface area contributed by atoms with Crippen LogP contribution in [0.2, 0.25) is 0 Å². The summed E-state index contributed by atoms with van der Waals surface area (Å²) in [5.41, 5.74) is 0. The number of hydrogen-bond donors (Lipinski definition) is 1. The SMILES string of the molecule is Cc1nccn1CCCc1nc(CC(=O)NC2CCCCC2)no1. The maximum absolute atomic E-state index is 12.1. The van der Waals surface area contributed by atoms with Crippen LogP contribution in [0.4, 0.5) is 0 Å². The summed E-state index contributed by atoms with van der Waals surface area (Å²) in [7, 11) is 0. The molecule has 1 saturated carbocycles. The number of hydrogen-bond acceptors (Lipinski definition) is 5. The summed E-state index contributed by atoms with van der Waals surface area (Å²) in [6, 6.07) is 0.316. The van der Waals surface area contributed by atoms with Gasteiger partial charge in [0.1, 0.15) is 5.82 Å². The van der Waals surface area contributed by atoms with Crippen molar-refractivity contribution in [3.8, 4) is 0 Å². The molecule has 0 spiro atoms. The standard InChI is InChI=1S/C17H25N5O2/c1-13-18-9-11-22(13)10-5-8-17-20-15(21-24-17)12-16(23)19-14-6-3-2-4-7-14/h9,11,14H,2-8,10,12H2,1H3,(H,19,23). The van der Waals surface area contributed by atoms with Crippen molar-refractivity contribution in [1.29, 1.82) is 0 Å². The molecule has 1 amide bonds. The van der Waals surface area contributed by atoms with Gasteiger partial charge in [0.15, 0.2) is 5.82 Å². The molecular weight excluding hydrogens is 306 g/mol. The highest BCUT2D eigenvalue weighted by molar-refractivity contribution is 5.78. The van der Waals surface area contributed by atoms with Crippen LogP contribution in [0, 0.1) is 6.92 Å². The van der Waals surface area contributed by atoms with Gasteiger partial charge in [-0.25, -0.2) is 4.98 Å². The Bertz CT molecular complexity index is 657. The molecule has 1 aliphatic carbocycles.